The minimum absolute atomic E-state index is 0.0499. The predicted octanol–water partition coefficient (Wildman–Crippen LogP) is 5.38. The summed E-state index contributed by atoms with van der Waals surface area (Å²) in [5, 5.41) is 20.9. The van der Waals surface area contributed by atoms with E-state index in [-0.39, 0.29) is 22.9 Å². The van der Waals surface area contributed by atoms with Crippen LogP contribution >= 0.6 is 47.8 Å². The molecular weight excluding hydrogens is 462 g/mol. The van der Waals surface area contributed by atoms with Crippen LogP contribution in [0.4, 0.5) is 5.69 Å². The average molecular weight is 468 g/mol. The van der Waals surface area contributed by atoms with Gasteiger partial charge in [0.15, 0.2) is 11.5 Å². The number of rotatable bonds is 3. The van der Waals surface area contributed by atoms with E-state index in [4.69, 9.17) is 4.74 Å². The molecule has 0 saturated heterocycles. The summed E-state index contributed by atoms with van der Waals surface area (Å²) >= 11 is 9.76. The van der Waals surface area contributed by atoms with Gasteiger partial charge in [-0.3, -0.25) is 10.1 Å². The second-order valence-corrected chi connectivity index (χ2v) is 6.10. The van der Waals surface area contributed by atoms with Crippen LogP contribution in [-0.4, -0.2) is 10.0 Å². The number of aromatic hydroxyl groups is 1. The zero-order valence-electron chi connectivity index (χ0n) is 9.64. The molecule has 0 atom stereocenters. The molecule has 0 bridgehead atoms. The number of benzene rings is 2. The maximum absolute atomic E-state index is 10.9. The quantitative estimate of drug-likeness (QED) is 0.373. The van der Waals surface area contributed by atoms with Gasteiger partial charge >= 0.3 is 5.69 Å². The van der Waals surface area contributed by atoms with Crippen molar-refractivity contribution in [3.05, 3.63) is 53.9 Å². The molecule has 0 radical (unpaired) electrons. The summed E-state index contributed by atoms with van der Waals surface area (Å²) in [6.45, 7) is 0. The van der Waals surface area contributed by atoms with E-state index >= 15 is 0 Å². The molecule has 20 heavy (non-hydrogen) atoms. The molecule has 0 amide bonds. The molecule has 2 aromatic rings. The van der Waals surface area contributed by atoms with Gasteiger partial charge in [0.1, 0.15) is 0 Å². The van der Waals surface area contributed by atoms with E-state index in [0.717, 1.165) is 0 Å². The average Bonchev–Trinajstić information content (AvgIpc) is 2.43. The lowest BCUT2D eigenvalue weighted by Gasteiger charge is -2.11. The molecule has 0 spiro atoms. The van der Waals surface area contributed by atoms with Crippen LogP contribution in [0.25, 0.3) is 0 Å². The van der Waals surface area contributed by atoms with Gasteiger partial charge in [0.2, 0.25) is 5.75 Å². The standard InChI is InChI=1S/C12H6Br3NO4/c13-6-5-9(12(17)11(15)10(6)14)20-8-4-2-1-3-7(8)16(18)19/h1-5,17H. The van der Waals surface area contributed by atoms with Crippen LogP contribution in [0, 0.1) is 10.1 Å². The Bertz CT molecular complexity index is 691. The number of nitrogens with zero attached hydrogens (tertiary/aromatic N) is 1. The summed E-state index contributed by atoms with van der Waals surface area (Å²) in [7, 11) is 0. The number of halogens is 3. The Hall–Kier alpha value is -1.12. The molecular formula is C12H6Br3NO4. The maximum Gasteiger partial charge on any atom is 0.311 e. The minimum atomic E-state index is -0.546. The predicted molar refractivity (Wildman–Crippen MR) is 84.4 cm³/mol. The molecule has 0 saturated carbocycles. The lowest BCUT2D eigenvalue weighted by atomic mass is 10.3. The fraction of sp³-hybridized carbons (Fsp3) is 0. The third kappa shape index (κ3) is 2.97. The molecule has 0 aliphatic carbocycles. The van der Waals surface area contributed by atoms with Crippen LogP contribution in [0.15, 0.2) is 43.7 Å². The Morgan fingerprint density at radius 1 is 1.10 bits per heavy atom. The van der Waals surface area contributed by atoms with Gasteiger partial charge in [-0.2, -0.15) is 0 Å². The lowest BCUT2D eigenvalue weighted by molar-refractivity contribution is -0.385. The Morgan fingerprint density at radius 2 is 1.75 bits per heavy atom. The van der Waals surface area contributed by atoms with Crippen molar-refractivity contribution in [1.82, 2.24) is 0 Å². The molecule has 0 aliphatic heterocycles. The first kappa shape index (κ1) is 15.3. The minimum Gasteiger partial charge on any atom is -0.503 e. The van der Waals surface area contributed by atoms with Gasteiger partial charge in [0.05, 0.1) is 9.40 Å². The summed E-state index contributed by atoms with van der Waals surface area (Å²) < 4.78 is 7.09. The van der Waals surface area contributed by atoms with Gasteiger partial charge in [0.25, 0.3) is 0 Å². The topological polar surface area (TPSA) is 72.6 Å². The van der Waals surface area contributed by atoms with Crippen molar-refractivity contribution in [3.8, 4) is 17.2 Å². The molecule has 5 nitrogen and oxygen atoms in total. The first-order valence-corrected chi connectivity index (χ1v) is 7.57. The van der Waals surface area contributed by atoms with E-state index in [1.54, 1.807) is 6.07 Å². The second kappa shape index (κ2) is 6.11. The highest BCUT2D eigenvalue weighted by Gasteiger charge is 2.19. The second-order valence-electron chi connectivity index (χ2n) is 3.66. The maximum atomic E-state index is 10.9. The summed E-state index contributed by atoms with van der Waals surface area (Å²) in [4.78, 5) is 10.4. The van der Waals surface area contributed by atoms with Crippen molar-refractivity contribution in [3.63, 3.8) is 0 Å². The summed E-state index contributed by atoms with van der Waals surface area (Å²) in [5.41, 5.74) is -0.179. The van der Waals surface area contributed by atoms with Crippen LogP contribution in [0.2, 0.25) is 0 Å². The van der Waals surface area contributed by atoms with Crippen molar-refractivity contribution in [1.29, 1.82) is 0 Å². The molecule has 8 heteroatoms. The van der Waals surface area contributed by atoms with Crippen LogP contribution in [0.1, 0.15) is 0 Å². The molecule has 2 aromatic carbocycles. The van der Waals surface area contributed by atoms with E-state index in [2.05, 4.69) is 47.8 Å². The number of ether oxygens (including phenoxy) is 1. The molecule has 0 unspecified atom stereocenters. The van der Waals surface area contributed by atoms with Gasteiger partial charge in [-0.1, -0.05) is 12.1 Å². The van der Waals surface area contributed by atoms with Gasteiger partial charge in [-0.15, -0.1) is 0 Å². The summed E-state index contributed by atoms with van der Waals surface area (Å²) in [5.74, 6) is -0.00611. The summed E-state index contributed by atoms with van der Waals surface area (Å²) in [6, 6.07) is 7.46. The zero-order valence-corrected chi connectivity index (χ0v) is 14.4. The van der Waals surface area contributed by atoms with Crippen molar-refractivity contribution in [2.45, 2.75) is 0 Å². The first-order valence-electron chi connectivity index (χ1n) is 5.19. The smallest absolute Gasteiger partial charge is 0.311 e. The Kier molecular flexibility index (Phi) is 4.66. The molecule has 0 fully saturated rings. The summed E-state index contributed by atoms with van der Waals surface area (Å²) in [6.07, 6.45) is 0. The van der Waals surface area contributed by atoms with E-state index in [1.165, 1.54) is 24.3 Å². The molecule has 2 rings (SSSR count). The van der Waals surface area contributed by atoms with Crippen molar-refractivity contribution in [2.75, 3.05) is 0 Å². The van der Waals surface area contributed by atoms with Gasteiger partial charge < -0.3 is 9.84 Å². The van der Waals surface area contributed by atoms with Gasteiger partial charge in [-0.05, 0) is 53.9 Å². The van der Waals surface area contributed by atoms with E-state index < -0.39 is 4.92 Å². The number of phenolic OH excluding ortho intramolecular Hbond substituents is 1. The van der Waals surface area contributed by atoms with E-state index in [0.29, 0.717) is 13.4 Å². The highest BCUT2D eigenvalue weighted by atomic mass is 79.9. The van der Waals surface area contributed by atoms with Crippen molar-refractivity contribution >= 4 is 53.5 Å². The Balaban J connectivity index is 2.49. The molecule has 0 aliphatic rings. The number of para-hydroxylation sites is 2. The number of hydrogen-bond donors (Lipinski definition) is 1. The van der Waals surface area contributed by atoms with Crippen molar-refractivity contribution in [2.24, 2.45) is 0 Å². The lowest BCUT2D eigenvalue weighted by Crippen LogP contribution is -1.93. The monoisotopic (exact) mass is 465 g/mol. The zero-order chi connectivity index (χ0) is 14.9. The Labute approximate surface area is 139 Å². The van der Waals surface area contributed by atoms with E-state index in [9.17, 15) is 15.2 Å². The third-order valence-electron chi connectivity index (χ3n) is 2.38. The number of phenols is 1. The number of nitro groups is 1. The van der Waals surface area contributed by atoms with Gasteiger partial charge in [0, 0.05) is 21.1 Å². The largest absolute Gasteiger partial charge is 0.503 e. The number of nitro benzene ring substituents is 1. The third-order valence-corrected chi connectivity index (χ3v) is 5.67. The van der Waals surface area contributed by atoms with Crippen molar-refractivity contribution < 1.29 is 14.8 Å². The number of hydrogen-bond acceptors (Lipinski definition) is 4. The fourth-order valence-corrected chi connectivity index (χ4v) is 2.84. The fourth-order valence-electron chi connectivity index (χ4n) is 1.45. The van der Waals surface area contributed by atoms with Crippen LogP contribution in [-0.2, 0) is 0 Å². The molecule has 1 N–H and O–H groups in total. The first-order chi connectivity index (χ1) is 9.41. The molecule has 104 valence electrons. The SMILES string of the molecule is O=[N+]([O-])c1ccccc1Oc1cc(Br)c(Br)c(Br)c1O. The highest BCUT2D eigenvalue weighted by molar-refractivity contribution is 9.14. The van der Waals surface area contributed by atoms with Gasteiger partial charge in [-0.25, -0.2) is 0 Å². The van der Waals surface area contributed by atoms with Crippen LogP contribution < -0.4 is 4.74 Å². The normalized spacial score (nSPS) is 10.3. The molecule has 0 heterocycles. The van der Waals surface area contributed by atoms with Crippen LogP contribution in [0.5, 0.6) is 17.2 Å². The van der Waals surface area contributed by atoms with Crippen LogP contribution in [0.3, 0.4) is 0 Å². The highest BCUT2D eigenvalue weighted by Crippen LogP contribution is 2.46. The Morgan fingerprint density at radius 3 is 2.40 bits per heavy atom. The molecule has 0 aromatic heterocycles. The van der Waals surface area contributed by atoms with E-state index in [1.807, 2.05) is 0 Å².